The van der Waals surface area contributed by atoms with Gasteiger partial charge in [0.2, 0.25) is 0 Å². The Kier molecular flexibility index (Phi) is 5.82. The zero-order valence-corrected chi connectivity index (χ0v) is 19.3. The van der Waals surface area contributed by atoms with Crippen molar-refractivity contribution in [3.8, 4) is 17.1 Å². The Morgan fingerprint density at radius 3 is 2.62 bits per heavy atom. The van der Waals surface area contributed by atoms with E-state index < -0.39 is 5.50 Å². The SMILES string of the molecule is O=C1/C(=C\c2ccc(-c3ccc(Cl)cc3Cl)o2)SC2N=C(COc3ccc(Cl)cc3)NN12. The number of rotatable bonds is 5. The number of nitrogens with zero attached hydrogens (tertiary/aromatic N) is 2. The number of nitrogens with one attached hydrogen (secondary N) is 1. The number of halogens is 3. The summed E-state index contributed by atoms with van der Waals surface area (Å²) in [7, 11) is 0. The number of amidine groups is 1. The molecule has 0 bridgehead atoms. The molecule has 2 aliphatic rings. The smallest absolute Gasteiger partial charge is 0.281 e. The van der Waals surface area contributed by atoms with Crippen LogP contribution in [0.15, 0.2) is 68.9 Å². The Morgan fingerprint density at radius 1 is 1.09 bits per heavy atom. The molecule has 1 saturated heterocycles. The van der Waals surface area contributed by atoms with Gasteiger partial charge in [0.15, 0.2) is 11.3 Å². The predicted molar refractivity (Wildman–Crippen MR) is 128 cm³/mol. The Bertz CT molecular complexity index is 1260. The Hall–Kier alpha value is -2.58. The molecule has 5 rings (SSSR count). The number of benzene rings is 2. The Labute approximate surface area is 202 Å². The van der Waals surface area contributed by atoms with Gasteiger partial charge in [-0.3, -0.25) is 10.2 Å². The summed E-state index contributed by atoms with van der Waals surface area (Å²) >= 11 is 19.4. The van der Waals surface area contributed by atoms with Gasteiger partial charge in [0, 0.05) is 21.7 Å². The first kappa shape index (κ1) is 21.3. The lowest BCUT2D eigenvalue weighted by atomic mass is 10.2. The van der Waals surface area contributed by atoms with Gasteiger partial charge >= 0.3 is 0 Å². The van der Waals surface area contributed by atoms with Crippen molar-refractivity contribution in [3.63, 3.8) is 0 Å². The molecule has 3 heterocycles. The quantitative estimate of drug-likeness (QED) is 0.423. The van der Waals surface area contributed by atoms with Crippen LogP contribution in [0.2, 0.25) is 15.1 Å². The van der Waals surface area contributed by atoms with Crippen LogP contribution in [0.5, 0.6) is 5.75 Å². The van der Waals surface area contributed by atoms with E-state index >= 15 is 0 Å². The summed E-state index contributed by atoms with van der Waals surface area (Å²) in [5, 5.41) is 3.14. The fourth-order valence-corrected chi connectivity index (χ4v) is 4.84. The number of carbonyl (C=O) groups excluding carboxylic acids is 1. The summed E-state index contributed by atoms with van der Waals surface area (Å²) in [6.45, 7) is 0.213. The van der Waals surface area contributed by atoms with Crippen molar-refractivity contribution in [2.24, 2.45) is 4.99 Å². The predicted octanol–water partition coefficient (Wildman–Crippen LogP) is 6.10. The highest BCUT2D eigenvalue weighted by Gasteiger charge is 2.41. The Balaban J connectivity index is 1.26. The van der Waals surface area contributed by atoms with E-state index in [0.717, 1.165) is 5.56 Å². The maximum absolute atomic E-state index is 12.8. The maximum Gasteiger partial charge on any atom is 0.281 e. The molecule has 0 spiro atoms. The standard InChI is InChI=1S/C22H14Cl3N3O3S/c23-12-1-4-14(5-2-12)30-11-20-26-22-28(27-20)21(29)19(32-22)10-15-6-8-18(31-15)16-7-3-13(24)9-17(16)25/h1-10,22H,11H2,(H,26,27)/b19-10+. The highest BCUT2D eigenvalue weighted by atomic mass is 35.5. The first-order chi connectivity index (χ1) is 15.5. The molecule has 3 aromatic rings. The minimum atomic E-state index is -0.391. The molecular weight excluding hydrogens is 493 g/mol. The zero-order valence-electron chi connectivity index (χ0n) is 16.2. The van der Waals surface area contributed by atoms with E-state index in [4.69, 9.17) is 44.0 Å². The average Bonchev–Trinajstić information content (AvgIpc) is 3.45. The zero-order chi connectivity index (χ0) is 22.2. The van der Waals surface area contributed by atoms with E-state index in [-0.39, 0.29) is 12.5 Å². The fraction of sp³-hybridized carbons (Fsp3) is 0.0909. The average molecular weight is 507 g/mol. The number of carbonyl (C=O) groups is 1. The third kappa shape index (κ3) is 4.34. The van der Waals surface area contributed by atoms with Crippen LogP contribution in [0.25, 0.3) is 17.4 Å². The number of hydrogen-bond donors (Lipinski definition) is 1. The molecule has 2 aliphatic heterocycles. The molecule has 0 aliphatic carbocycles. The molecule has 32 heavy (non-hydrogen) atoms. The number of aliphatic imine (C=N–C) groups is 1. The van der Waals surface area contributed by atoms with Gasteiger partial charge in [0.25, 0.3) is 5.91 Å². The van der Waals surface area contributed by atoms with Gasteiger partial charge in [-0.15, -0.1) is 0 Å². The first-order valence-electron chi connectivity index (χ1n) is 9.45. The van der Waals surface area contributed by atoms with E-state index in [9.17, 15) is 4.79 Å². The van der Waals surface area contributed by atoms with Crippen LogP contribution in [0, 0.1) is 0 Å². The second kappa shape index (κ2) is 8.75. The fourth-order valence-electron chi connectivity index (χ4n) is 3.17. The van der Waals surface area contributed by atoms with Gasteiger partial charge < -0.3 is 9.15 Å². The number of furan rings is 1. The number of fused-ring (bicyclic) bond motifs is 1. The highest BCUT2D eigenvalue weighted by molar-refractivity contribution is 8.05. The second-order valence-electron chi connectivity index (χ2n) is 6.88. The van der Waals surface area contributed by atoms with Crippen molar-refractivity contribution in [1.82, 2.24) is 10.4 Å². The van der Waals surface area contributed by atoms with Crippen LogP contribution in [0.3, 0.4) is 0 Å². The van der Waals surface area contributed by atoms with Crippen molar-refractivity contribution >= 4 is 64.4 Å². The van der Waals surface area contributed by atoms with Gasteiger partial charge in [0.1, 0.15) is 23.9 Å². The van der Waals surface area contributed by atoms with E-state index in [2.05, 4.69) is 10.4 Å². The van der Waals surface area contributed by atoms with E-state index in [1.807, 2.05) is 0 Å². The topological polar surface area (TPSA) is 67.1 Å². The maximum atomic E-state index is 12.8. The van der Waals surface area contributed by atoms with Gasteiger partial charge in [-0.25, -0.2) is 10.0 Å². The molecule has 1 aromatic heterocycles. The van der Waals surface area contributed by atoms with Crippen LogP contribution in [-0.2, 0) is 4.79 Å². The summed E-state index contributed by atoms with van der Waals surface area (Å²) < 4.78 is 11.5. The lowest BCUT2D eigenvalue weighted by Crippen LogP contribution is -2.42. The monoisotopic (exact) mass is 505 g/mol. The minimum Gasteiger partial charge on any atom is -0.486 e. The molecule has 1 N–H and O–H groups in total. The largest absolute Gasteiger partial charge is 0.486 e. The van der Waals surface area contributed by atoms with Crippen molar-refractivity contribution in [2.75, 3.05) is 6.61 Å². The van der Waals surface area contributed by atoms with Crippen LogP contribution >= 0.6 is 46.6 Å². The van der Waals surface area contributed by atoms with Crippen LogP contribution in [0.4, 0.5) is 0 Å². The van der Waals surface area contributed by atoms with E-state index in [1.54, 1.807) is 60.7 Å². The second-order valence-corrected chi connectivity index (χ2v) is 9.26. The summed E-state index contributed by atoms with van der Waals surface area (Å²) in [5.41, 5.74) is 3.34. The molecular formula is C22H14Cl3N3O3S. The molecule has 1 fully saturated rings. The highest BCUT2D eigenvalue weighted by Crippen LogP contribution is 2.39. The lowest BCUT2D eigenvalue weighted by Gasteiger charge is -2.13. The van der Waals surface area contributed by atoms with Crippen molar-refractivity contribution < 1.29 is 13.9 Å². The van der Waals surface area contributed by atoms with E-state index in [1.165, 1.54) is 16.8 Å². The first-order valence-corrected chi connectivity index (χ1v) is 11.5. The molecule has 10 heteroatoms. The van der Waals surface area contributed by atoms with Crippen molar-refractivity contribution in [1.29, 1.82) is 0 Å². The summed E-state index contributed by atoms with van der Waals surface area (Å²) in [4.78, 5) is 17.8. The number of hydrogen-bond acceptors (Lipinski definition) is 6. The molecule has 0 radical (unpaired) electrons. The van der Waals surface area contributed by atoms with Crippen molar-refractivity contribution in [3.05, 3.63) is 80.3 Å². The molecule has 1 atom stereocenters. The third-order valence-electron chi connectivity index (χ3n) is 4.68. The van der Waals surface area contributed by atoms with Gasteiger partial charge in [-0.2, -0.15) is 0 Å². The summed E-state index contributed by atoms with van der Waals surface area (Å²) in [5.74, 6) is 2.18. The summed E-state index contributed by atoms with van der Waals surface area (Å²) in [6, 6.07) is 15.8. The van der Waals surface area contributed by atoms with E-state index in [0.29, 0.717) is 43.1 Å². The number of thioether (sulfide) groups is 1. The normalized spacial score (nSPS) is 18.7. The third-order valence-corrected chi connectivity index (χ3v) is 6.56. The molecule has 2 aromatic carbocycles. The van der Waals surface area contributed by atoms with Gasteiger partial charge in [0.05, 0.1) is 9.93 Å². The van der Waals surface area contributed by atoms with Gasteiger partial charge in [-0.1, -0.05) is 46.6 Å². The van der Waals surface area contributed by atoms with Gasteiger partial charge in [-0.05, 0) is 54.6 Å². The van der Waals surface area contributed by atoms with Crippen LogP contribution in [-0.4, -0.2) is 28.9 Å². The number of ether oxygens (including phenoxy) is 1. The molecule has 1 amide bonds. The molecule has 162 valence electrons. The molecule has 1 unspecified atom stereocenters. The minimum absolute atomic E-state index is 0.187. The lowest BCUT2D eigenvalue weighted by molar-refractivity contribution is -0.127. The van der Waals surface area contributed by atoms with Crippen LogP contribution < -0.4 is 10.2 Å². The molecule has 0 saturated carbocycles. The van der Waals surface area contributed by atoms with Crippen LogP contribution in [0.1, 0.15) is 5.76 Å². The Morgan fingerprint density at radius 2 is 1.88 bits per heavy atom. The van der Waals surface area contributed by atoms with Crippen molar-refractivity contribution in [2.45, 2.75) is 5.50 Å². The summed E-state index contributed by atoms with van der Waals surface area (Å²) in [6.07, 6.45) is 1.69. The number of amides is 1. The number of hydrazine groups is 1. The molecule has 6 nitrogen and oxygen atoms in total.